The third kappa shape index (κ3) is 4.44. The minimum absolute atomic E-state index is 0.0892. The van der Waals surface area contributed by atoms with E-state index in [1.54, 1.807) is 13.2 Å². The van der Waals surface area contributed by atoms with E-state index in [-0.39, 0.29) is 34.2 Å². The van der Waals surface area contributed by atoms with Gasteiger partial charge in [-0.15, -0.1) is 0 Å². The number of aryl methyl sites for hydroxylation is 1. The molecule has 1 atom stereocenters. The van der Waals surface area contributed by atoms with Gasteiger partial charge in [0.1, 0.15) is 5.15 Å². The van der Waals surface area contributed by atoms with Gasteiger partial charge in [0.05, 0.1) is 23.2 Å². The number of ether oxygens (including phenoxy) is 2. The summed E-state index contributed by atoms with van der Waals surface area (Å²) in [7, 11) is 1.63. The third-order valence-corrected chi connectivity index (χ3v) is 4.69. The van der Waals surface area contributed by atoms with Gasteiger partial charge >= 0.3 is 5.97 Å². The molecule has 0 fully saturated rings. The number of nitrogens with zero attached hydrogens (tertiary/aromatic N) is 2. The van der Waals surface area contributed by atoms with Gasteiger partial charge in [-0.2, -0.15) is 0 Å². The van der Waals surface area contributed by atoms with Crippen molar-refractivity contribution in [2.75, 3.05) is 20.3 Å². The second-order valence-corrected chi connectivity index (χ2v) is 6.72. The van der Waals surface area contributed by atoms with Crippen molar-refractivity contribution >= 4 is 35.0 Å². The number of halogens is 2. The first-order chi connectivity index (χ1) is 12.3. The van der Waals surface area contributed by atoms with Crippen molar-refractivity contribution < 1.29 is 19.1 Å². The normalized spacial score (nSPS) is 12.1. The van der Waals surface area contributed by atoms with E-state index in [2.05, 4.69) is 4.98 Å². The number of hydrogen-bond acceptors (Lipinski definition) is 5. The number of carbonyl (C=O) groups is 2. The SMILES string of the molecule is COC[C@H](C)n1c(C)cc(C(=O)COC(=O)c2cnc(Cl)c(Cl)c2)c1C. The zero-order valence-corrected chi connectivity index (χ0v) is 16.5. The second kappa shape index (κ2) is 8.66. The summed E-state index contributed by atoms with van der Waals surface area (Å²) in [5, 5.41) is 0.236. The molecule has 0 unspecified atom stereocenters. The van der Waals surface area contributed by atoms with Crippen LogP contribution in [0.5, 0.6) is 0 Å². The Balaban J connectivity index is 2.09. The maximum atomic E-state index is 12.5. The molecule has 0 radical (unpaired) electrons. The van der Waals surface area contributed by atoms with Crippen molar-refractivity contribution in [2.24, 2.45) is 0 Å². The first-order valence-electron chi connectivity index (χ1n) is 7.95. The smallest absolute Gasteiger partial charge is 0.340 e. The van der Waals surface area contributed by atoms with Crippen molar-refractivity contribution in [1.29, 1.82) is 0 Å². The molecule has 0 aliphatic carbocycles. The lowest BCUT2D eigenvalue weighted by Gasteiger charge is -2.17. The summed E-state index contributed by atoms with van der Waals surface area (Å²) in [5.74, 6) is -0.971. The van der Waals surface area contributed by atoms with E-state index in [9.17, 15) is 9.59 Å². The molecule has 0 aliphatic heterocycles. The largest absolute Gasteiger partial charge is 0.454 e. The Hall–Kier alpha value is -1.89. The summed E-state index contributed by atoms with van der Waals surface area (Å²) in [6.07, 6.45) is 1.25. The lowest BCUT2D eigenvalue weighted by molar-refractivity contribution is 0.0474. The molecular formula is C18H20Cl2N2O4. The highest BCUT2D eigenvalue weighted by molar-refractivity contribution is 6.41. The van der Waals surface area contributed by atoms with E-state index in [4.69, 9.17) is 32.7 Å². The highest BCUT2D eigenvalue weighted by Crippen LogP contribution is 2.22. The molecule has 8 heteroatoms. The summed E-state index contributed by atoms with van der Waals surface area (Å²) >= 11 is 11.5. The predicted molar refractivity (Wildman–Crippen MR) is 99.4 cm³/mol. The van der Waals surface area contributed by atoms with Gasteiger partial charge < -0.3 is 14.0 Å². The van der Waals surface area contributed by atoms with Crippen LogP contribution >= 0.6 is 23.2 Å². The molecule has 0 bridgehead atoms. The maximum absolute atomic E-state index is 12.5. The van der Waals surface area contributed by atoms with E-state index >= 15 is 0 Å². The number of carbonyl (C=O) groups excluding carboxylic acids is 2. The van der Waals surface area contributed by atoms with Crippen LogP contribution in [0.25, 0.3) is 0 Å². The lowest BCUT2D eigenvalue weighted by atomic mass is 10.1. The van der Waals surface area contributed by atoms with E-state index in [1.165, 1.54) is 12.3 Å². The molecule has 6 nitrogen and oxygen atoms in total. The molecular weight excluding hydrogens is 379 g/mol. The highest BCUT2D eigenvalue weighted by Gasteiger charge is 2.20. The van der Waals surface area contributed by atoms with E-state index < -0.39 is 5.97 Å². The van der Waals surface area contributed by atoms with E-state index in [0.717, 1.165) is 11.4 Å². The van der Waals surface area contributed by atoms with Crippen LogP contribution in [0.4, 0.5) is 0 Å². The van der Waals surface area contributed by atoms with Gasteiger partial charge in [-0.1, -0.05) is 23.2 Å². The number of methoxy groups -OCH3 is 1. The number of rotatable bonds is 7. The van der Waals surface area contributed by atoms with Gasteiger partial charge in [0.15, 0.2) is 6.61 Å². The van der Waals surface area contributed by atoms with Crippen LogP contribution in [0.1, 0.15) is 45.1 Å². The first-order valence-corrected chi connectivity index (χ1v) is 8.70. The maximum Gasteiger partial charge on any atom is 0.340 e. The first kappa shape index (κ1) is 20.4. The minimum atomic E-state index is -0.689. The molecule has 26 heavy (non-hydrogen) atoms. The zero-order valence-electron chi connectivity index (χ0n) is 15.0. The van der Waals surface area contributed by atoms with Gasteiger partial charge in [0.2, 0.25) is 5.78 Å². The topological polar surface area (TPSA) is 70.4 Å². The fourth-order valence-electron chi connectivity index (χ4n) is 2.88. The Labute approximate surface area is 162 Å². The number of pyridine rings is 1. The standard InChI is InChI=1S/C18H20Cl2N2O4/c1-10-5-14(12(3)22(10)11(2)8-25-4)16(23)9-26-18(24)13-6-15(19)17(20)21-7-13/h5-7,11H,8-9H2,1-4H3/t11-/m0/s1. The number of esters is 1. The molecule has 2 aromatic heterocycles. The fraction of sp³-hybridized carbons (Fsp3) is 0.389. The van der Waals surface area contributed by atoms with Crippen molar-refractivity contribution in [3.05, 3.63) is 51.0 Å². The molecule has 2 rings (SSSR count). The van der Waals surface area contributed by atoms with Crippen LogP contribution in [-0.2, 0) is 9.47 Å². The lowest BCUT2D eigenvalue weighted by Crippen LogP contribution is -2.17. The summed E-state index contributed by atoms with van der Waals surface area (Å²) in [6.45, 7) is 5.95. The Kier molecular flexibility index (Phi) is 6.81. The van der Waals surface area contributed by atoms with Crippen LogP contribution in [0.3, 0.4) is 0 Å². The number of aromatic nitrogens is 2. The van der Waals surface area contributed by atoms with Crippen LogP contribution in [-0.4, -0.2) is 41.6 Å². The summed E-state index contributed by atoms with van der Waals surface area (Å²) in [6, 6.07) is 3.23. The third-order valence-electron chi connectivity index (χ3n) is 4.00. The Morgan fingerprint density at radius 1 is 1.27 bits per heavy atom. The monoisotopic (exact) mass is 398 g/mol. The summed E-state index contributed by atoms with van der Waals surface area (Å²) in [5.41, 5.74) is 2.40. The fourth-order valence-corrected chi connectivity index (χ4v) is 3.15. The van der Waals surface area contributed by atoms with E-state index in [1.807, 2.05) is 25.3 Å². The highest BCUT2D eigenvalue weighted by atomic mass is 35.5. The number of hydrogen-bond donors (Lipinski definition) is 0. The molecule has 0 aliphatic rings. The van der Waals surface area contributed by atoms with Gasteiger partial charge in [-0.3, -0.25) is 4.79 Å². The second-order valence-electron chi connectivity index (χ2n) is 5.96. The number of Topliss-reactive ketones (excluding diaryl/α,β-unsaturated/α-hetero) is 1. The predicted octanol–water partition coefficient (Wildman–Crippen LogP) is 4.05. The van der Waals surface area contributed by atoms with Crippen molar-refractivity contribution in [1.82, 2.24) is 9.55 Å². The molecule has 0 amide bonds. The Bertz CT molecular complexity index is 833. The molecule has 0 N–H and O–H groups in total. The zero-order chi connectivity index (χ0) is 19.4. The average molecular weight is 399 g/mol. The Morgan fingerprint density at radius 2 is 1.96 bits per heavy atom. The van der Waals surface area contributed by atoms with Gasteiger partial charge in [-0.05, 0) is 32.9 Å². The Morgan fingerprint density at radius 3 is 2.58 bits per heavy atom. The van der Waals surface area contributed by atoms with Gasteiger partial charge in [-0.25, -0.2) is 9.78 Å². The molecule has 0 spiro atoms. The molecule has 2 aromatic rings. The summed E-state index contributed by atoms with van der Waals surface area (Å²) in [4.78, 5) is 28.3. The summed E-state index contributed by atoms with van der Waals surface area (Å²) < 4.78 is 12.3. The van der Waals surface area contributed by atoms with Crippen molar-refractivity contribution in [3.8, 4) is 0 Å². The van der Waals surface area contributed by atoms with Gasteiger partial charge in [0.25, 0.3) is 0 Å². The van der Waals surface area contributed by atoms with Gasteiger partial charge in [0, 0.05) is 30.3 Å². The van der Waals surface area contributed by atoms with Crippen LogP contribution < -0.4 is 0 Å². The quantitative estimate of drug-likeness (QED) is 0.399. The molecule has 0 saturated carbocycles. The number of ketones is 1. The van der Waals surface area contributed by atoms with E-state index in [0.29, 0.717) is 12.2 Å². The van der Waals surface area contributed by atoms with Crippen LogP contribution in [0.15, 0.2) is 18.3 Å². The molecule has 0 aromatic carbocycles. The molecule has 0 saturated heterocycles. The molecule has 2 heterocycles. The van der Waals surface area contributed by atoms with Crippen molar-refractivity contribution in [3.63, 3.8) is 0 Å². The van der Waals surface area contributed by atoms with Crippen molar-refractivity contribution in [2.45, 2.75) is 26.8 Å². The molecule has 140 valence electrons. The van der Waals surface area contributed by atoms with Crippen LogP contribution in [0.2, 0.25) is 10.2 Å². The van der Waals surface area contributed by atoms with Crippen LogP contribution in [0, 0.1) is 13.8 Å². The average Bonchev–Trinajstić information content (AvgIpc) is 2.89. The minimum Gasteiger partial charge on any atom is -0.454 e.